The van der Waals surface area contributed by atoms with E-state index in [-0.39, 0.29) is 24.5 Å². The molecule has 2 atom stereocenters. The van der Waals surface area contributed by atoms with Crippen molar-refractivity contribution in [2.45, 2.75) is 44.2 Å². The first-order valence-corrected chi connectivity index (χ1v) is 10.0. The van der Waals surface area contributed by atoms with E-state index < -0.39 is 39.6 Å². The van der Waals surface area contributed by atoms with Crippen LogP contribution in [0.5, 0.6) is 0 Å². The molecule has 2 rings (SSSR count). The fraction of sp³-hybridized carbons (Fsp3) is 0.562. The van der Waals surface area contributed by atoms with E-state index in [1.54, 1.807) is 13.8 Å². The summed E-state index contributed by atoms with van der Waals surface area (Å²) < 4.78 is 26.3. The molecule has 1 aromatic rings. The lowest BCUT2D eigenvalue weighted by molar-refractivity contribution is -0.126. The third-order valence-corrected chi connectivity index (χ3v) is 6.10. The van der Waals surface area contributed by atoms with Crippen molar-refractivity contribution in [3.8, 4) is 0 Å². The summed E-state index contributed by atoms with van der Waals surface area (Å²) in [5.41, 5.74) is 5.14. The van der Waals surface area contributed by atoms with Gasteiger partial charge in [0.05, 0.1) is 19.0 Å². The number of carbonyl (C=O) groups is 3. The molecule has 11 heteroatoms. The number of carbonyl (C=O) groups excluding carboxylic acids is 3. The van der Waals surface area contributed by atoms with E-state index in [0.29, 0.717) is 18.7 Å². The number of Topliss-reactive ketones (excluding diaryl/α,β-unsaturated/α-hetero) is 1. The van der Waals surface area contributed by atoms with Gasteiger partial charge in [0.25, 0.3) is 10.0 Å². The van der Waals surface area contributed by atoms with Crippen LogP contribution in [0.15, 0.2) is 11.2 Å². The first kappa shape index (κ1) is 21.0. The summed E-state index contributed by atoms with van der Waals surface area (Å²) in [5.74, 6) is -1.42. The summed E-state index contributed by atoms with van der Waals surface area (Å²) in [7, 11) is -3.88. The lowest BCUT2D eigenvalue weighted by Gasteiger charge is -2.18. The number of sulfonamides is 1. The second-order valence-electron chi connectivity index (χ2n) is 6.58. The number of nitrogens with zero attached hydrogens (tertiary/aromatic N) is 2. The van der Waals surface area contributed by atoms with Gasteiger partial charge < -0.3 is 16.0 Å². The fourth-order valence-corrected chi connectivity index (χ4v) is 4.04. The van der Waals surface area contributed by atoms with E-state index in [4.69, 9.17) is 5.73 Å². The van der Waals surface area contributed by atoms with Gasteiger partial charge in [0, 0.05) is 18.7 Å². The highest BCUT2D eigenvalue weighted by Crippen LogP contribution is 2.18. The number of nitrogens with one attached hydrogen (secondary N) is 2. The Morgan fingerprint density at radius 2 is 2.22 bits per heavy atom. The lowest BCUT2D eigenvalue weighted by atomic mass is 10.0. The van der Waals surface area contributed by atoms with Gasteiger partial charge in [0.1, 0.15) is 5.82 Å². The molecule has 1 unspecified atom stereocenters. The molecule has 1 aromatic heterocycles. The van der Waals surface area contributed by atoms with E-state index in [1.165, 1.54) is 12.6 Å². The number of ketones is 1. The summed E-state index contributed by atoms with van der Waals surface area (Å²) in [6, 6.07) is -0.779. The number of imidazole rings is 1. The van der Waals surface area contributed by atoms with E-state index in [2.05, 4.69) is 15.3 Å². The summed E-state index contributed by atoms with van der Waals surface area (Å²) in [6.45, 7) is 3.06. The summed E-state index contributed by atoms with van der Waals surface area (Å²) in [4.78, 5) is 42.1. The SMILES string of the molecule is Cc1nc(S(=O)(=O)N2CCC[C@H](NC(=O)[CH]CC(C)C(N)=O)C(=O)C2)c[nH]1. The number of rotatable bonds is 7. The van der Waals surface area contributed by atoms with Crippen molar-refractivity contribution in [3.05, 3.63) is 18.4 Å². The molecule has 0 aliphatic carbocycles. The molecule has 149 valence electrons. The van der Waals surface area contributed by atoms with Crippen molar-refractivity contribution in [2.75, 3.05) is 13.1 Å². The van der Waals surface area contributed by atoms with Gasteiger partial charge in [0.15, 0.2) is 10.8 Å². The number of primary amides is 1. The largest absolute Gasteiger partial charge is 0.369 e. The highest BCUT2D eigenvalue weighted by atomic mass is 32.2. The Bertz CT molecular complexity index is 819. The predicted octanol–water partition coefficient (Wildman–Crippen LogP) is -0.728. The minimum Gasteiger partial charge on any atom is -0.369 e. The molecule has 1 aliphatic rings. The van der Waals surface area contributed by atoms with E-state index >= 15 is 0 Å². The zero-order chi connectivity index (χ0) is 20.2. The third-order valence-electron chi connectivity index (χ3n) is 4.37. The highest BCUT2D eigenvalue weighted by Gasteiger charge is 2.34. The van der Waals surface area contributed by atoms with Gasteiger partial charge in [-0.2, -0.15) is 4.31 Å². The Morgan fingerprint density at radius 1 is 1.52 bits per heavy atom. The van der Waals surface area contributed by atoms with Crippen LogP contribution in [0.4, 0.5) is 0 Å². The predicted molar refractivity (Wildman–Crippen MR) is 95.5 cm³/mol. The number of aryl methyl sites for hydroxylation is 1. The number of nitrogens with two attached hydrogens (primary N) is 1. The van der Waals surface area contributed by atoms with Gasteiger partial charge in [-0.1, -0.05) is 6.92 Å². The first-order valence-electron chi connectivity index (χ1n) is 8.59. The zero-order valence-corrected chi connectivity index (χ0v) is 16.1. The van der Waals surface area contributed by atoms with Crippen molar-refractivity contribution in [1.29, 1.82) is 0 Å². The average Bonchev–Trinajstić information content (AvgIpc) is 2.95. The van der Waals surface area contributed by atoms with Crippen molar-refractivity contribution < 1.29 is 22.8 Å². The van der Waals surface area contributed by atoms with Crippen LogP contribution >= 0.6 is 0 Å². The van der Waals surface area contributed by atoms with Crippen LogP contribution < -0.4 is 11.1 Å². The summed E-state index contributed by atoms with van der Waals surface area (Å²) in [5, 5.41) is 2.44. The van der Waals surface area contributed by atoms with Gasteiger partial charge in [0.2, 0.25) is 11.8 Å². The monoisotopic (exact) mass is 398 g/mol. The maximum Gasteiger partial charge on any atom is 0.262 e. The number of aromatic nitrogens is 2. The van der Waals surface area contributed by atoms with Crippen LogP contribution in [0.25, 0.3) is 0 Å². The van der Waals surface area contributed by atoms with Gasteiger partial charge >= 0.3 is 0 Å². The normalized spacial score (nSPS) is 20.1. The third kappa shape index (κ3) is 5.36. The summed E-state index contributed by atoms with van der Waals surface area (Å²) >= 11 is 0. The molecule has 0 spiro atoms. The minimum absolute atomic E-state index is 0.135. The van der Waals surface area contributed by atoms with Crippen LogP contribution in [0.3, 0.4) is 0 Å². The number of aromatic amines is 1. The lowest BCUT2D eigenvalue weighted by Crippen LogP contribution is -2.44. The molecule has 10 nitrogen and oxygen atoms in total. The molecule has 1 fully saturated rings. The number of H-pyrrole nitrogens is 1. The molecular formula is C16H24N5O5S. The molecule has 0 aromatic carbocycles. The van der Waals surface area contributed by atoms with Crippen molar-refractivity contribution in [3.63, 3.8) is 0 Å². The smallest absolute Gasteiger partial charge is 0.262 e. The van der Waals surface area contributed by atoms with E-state index in [0.717, 1.165) is 4.31 Å². The molecule has 1 saturated heterocycles. The second-order valence-corrected chi connectivity index (χ2v) is 8.46. The van der Waals surface area contributed by atoms with Gasteiger partial charge in [-0.15, -0.1) is 0 Å². The van der Waals surface area contributed by atoms with Crippen LogP contribution in [0.2, 0.25) is 0 Å². The van der Waals surface area contributed by atoms with Gasteiger partial charge in [-0.3, -0.25) is 14.4 Å². The maximum atomic E-state index is 12.6. The van der Waals surface area contributed by atoms with Crippen LogP contribution in [0, 0.1) is 19.3 Å². The minimum atomic E-state index is -3.88. The zero-order valence-electron chi connectivity index (χ0n) is 15.3. The Kier molecular flexibility index (Phi) is 6.71. The Hall–Kier alpha value is -2.27. The molecule has 1 radical (unpaired) electrons. The molecule has 4 N–H and O–H groups in total. The first-order chi connectivity index (χ1) is 12.6. The van der Waals surface area contributed by atoms with Crippen molar-refractivity contribution >= 4 is 27.6 Å². The highest BCUT2D eigenvalue weighted by molar-refractivity contribution is 7.89. The Labute approximate surface area is 157 Å². The second kappa shape index (κ2) is 8.61. The van der Waals surface area contributed by atoms with Crippen LogP contribution in [-0.4, -0.2) is 59.4 Å². The van der Waals surface area contributed by atoms with Gasteiger partial charge in [-0.05, 0) is 26.2 Å². The van der Waals surface area contributed by atoms with Crippen LogP contribution in [0.1, 0.15) is 32.0 Å². The van der Waals surface area contributed by atoms with Crippen molar-refractivity contribution in [2.24, 2.45) is 11.7 Å². The van der Waals surface area contributed by atoms with Crippen LogP contribution in [-0.2, 0) is 24.4 Å². The van der Waals surface area contributed by atoms with E-state index in [9.17, 15) is 22.8 Å². The standard InChI is InChI=1S/C16H24N5O5S/c1-10(16(17)24)5-6-14(23)20-12-4-3-7-21(9-13(12)22)27(25,26)15-8-18-11(2)19-15/h6,8,10,12H,3-5,7,9H2,1-2H3,(H2,17,24)(H,18,19)(H,20,23)/t10?,12-/m0/s1. The molecule has 0 saturated carbocycles. The molecular weight excluding hydrogens is 374 g/mol. The average molecular weight is 398 g/mol. The Morgan fingerprint density at radius 3 is 2.81 bits per heavy atom. The molecule has 2 amide bonds. The molecule has 27 heavy (non-hydrogen) atoms. The maximum absolute atomic E-state index is 12.6. The topological polar surface area (TPSA) is 155 Å². The fourth-order valence-electron chi connectivity index (χ4n) is 2.64. The molecule has 0 bridgehead atoms. The number of hydrogen-bond donors (Lipinski definition) is 3. The number of hydrogen-bond acceptors (Lipinski definition) is 6. The van der Waals surface area contributed by atoms with E-state index in [1.807, 2.05) is 0 Å². The van der Waals surface area contributed by atoms with Crippen molar-refractivity contribution in [1.82, 2.24) is 19.6 Å². The molecule has 2 heterocycles. The quantitative estimate of drug-likeness (QED) is 0.550. The molecule has 1 aliphatic heterocycles. The summed E-state index contributed by atoms with van der Waals surface area (Å²) in [6.07, 6.45) is 3.47. The Balaban J connectivity index is 1.97. The van der Waals surface area contributed by atoms with Gasteiger partial charge in [-0.25, -0.2) is 13.4 Å². The number of amides is 2.